The van der Waals surface area contributed by atoms with Crippen LogP contribution in [0.2, 0.25) is 5.02 Å². The lowest BCUT2D eigenvalue weighted by atomic mass is 9.96. The van der Waals surface area contributed by atoms with Crippen molar-refractivity contribution in [3.63, 3.8) is 0 Å². The molecule has 0 spiro atoms. The Kier molecular flexibility index (Phi) is 8.61. The number of aryl methyl sites for hydroxylation is 1. The lowest BCUT2D eigenvalue weighted by molar-refractivity contribution is -0.119. The third kappa shape index (κ3) is 5.98. The largest absolute Gasteiger partial charge is 0.495 e. The van der Waals surface area contributed by atoms with Gasteiger partial charge >= 0.3 is 0 Å². The average Bonchev–Trinajstić information content (AvgIpc) is 2.87. The van der Waals surface area contributed by atoms with Crippen LogP contribution in [0.1, 0.15) is 41.7 Å². The number of nitrogens with zero attached hydrogens (tertiary/aromatic N) is 1. The van der Waals surface area contributed by atoms with E-state index in [0.29, 0.717) is 27.4 Å². The Morgan fingerprint density at radius 3 is 2.47 bits per heavy atom. The summed E-state index contributed by atoms with van der Waals surface area (Å²) in [5, 5.41) is 11.3. The normalized spacial score (nSPS) is 11.4. The van der Waals surface area contributed by atoms with Crippen molar-refractivity contribution in [2.45, 2.75) is 32.7 Å². The lowest BCUT2D eigenvalue weighted by Gasteiger charge is -2.21. The van der Waals surface area contributed by atoms with Crippen molar-refractivity contribution in [3.05, 3.63) is 93.9 Å². The molecule has 186 valence electrons. The molecular weight excluding hydrogens is 478 g/mol. The van der Waals surface area contributed by atoms with Gasteiger partial charge in [-0.05, 0) is 48.9 Å². The Morgan fingerprint density at radius 1 is 1.17 bits per heavy atom. The van der Waals surface area contributed by atoms with Gasteiger partial charge in [0, 0.05) is 46.5 Å². The second-order valence-corrected chi connectivity index (χ2v) is 8.71. The minimum Gasteiger partial charge on any atom is -0.495 e. The van der Waals surface area contributed by atoms with E-state index >= 15 is 0 Å². The topological polar surface area (TPSA) is 101 Å². The first-order chi connectivity index (χ1) is 17.2. The number of carbonyl (C=O) groups is 2. The number of allylic oxidation sites excluding steroid dienone is 1. The van der Waals surface area contributed by atoms with Crippen molar-refractivity contribution < 1.29 is 14.3 Å². The van der Waals surface area contributed by atoms with Crippen LogP contribution >= 0.6 is 11.6 Å². The van der Waals surface area contributed by atoms with Crippen LogP contribution in [0.15, 0.2) is 72.2 Å². The molecule has 1 aromatic heterocycles. The standard InChI is InChI=1S/C28H28ClN3O4/c1-5-19(30)14-24(28(35)31-20-10-7-17(3)8-11-20)32-16-26(36-4)23(15-27(32)34)22-13-18(29)9-12-21(22)25(33)6-2/h5,7-13,15-16,24,30H,1,6,14H2,2-4H3,(H,31,35). The van der Waals surface area contributed by atoms with Gasteiger partial charge in [-0.15, -0.1) is 0 Å². The van der Waals surface area contributed by atoms with Gasteiger partial charge in [-0.2, -0.15) is 0 Å². The predicted octanol–water partition coefficient (Wildman–Crippen LogP) is 5.85. The first-order valence-corrected chi connectivity index (χ1v) is 11.8. The fraction of sp³-hybridized carbons (Fsp3) is 0.214. The molecule has 3 rings (SSSR count). The summed E-state index contributed by atoms with van der Waals surface area (Å²) >= 11 is 6.21. The first kappa shape index (κ1) is 26.6. The number of ether oxygens (including phenoxy) is 1. The molecule has 8 heteroatoms. The highest BCUT2D eigenvalue weighted by atomic mass is 35.5. The minimum atomic E-state index is -1.04. The van der Waals surface area contributed by atoms with E-state index < -0.39 is 17.5 Å². The number of benzene rings is 2. The summed E-state index contributed by atoms with van der Waals surface area (Å²) in [6.07, 6.45) is 2.98. The summed E-state index contributed by atoms with van der Waals surface area (Å²) in [6.45, 7) is 7.29. The number of hydrogen-bond acceptors (Lipinski definition) is 5. The number of amides is 1. The Bertz CT molecular complexity index is 1380. The summed E-state index contributed by atoms with van der Waals surface area (Å²) in [7, 11) is 1.44. The molecule has 0 saturated heterocycles. The number of halogens is 1. The van der Waals surface area contributed by atoms with E-state index in [1.165, 1.54) is 30.0 Å². The Labute approximate surface area is 214 Å². The van der Waals surface area contributed by atoms with Gasteiger partial charge in [-0.25, -0.2) is 0 Å². The predicted molar refractivity (Wildman–Crippen MR) is 144 cm³/mol. The number of rotatable bonds is 10. The van der Waals surface area contributed by atoms with E-state index in [4.69, 9.17) is 21.7 Å². The van der Waals surface area contributed by atoms with Crippen LogP contribution in [0.3, 0.4) is 0 Å². The van der Waals surface area contributed by atoms with Crippen molar-refractivity contribution in [1.82, 2.24) is 4.57 Å². The fourth-order valence-corrected chi connectivity index (χ4v) is 3.96. The number of aromatic nitrogens is 1. The molecule has 0 aliphatic carbocycles. The Morgan fingerprint density at radius 2 is 1.86 bits per heavy atom. The summed E-state index contributed by atoms with van der Waals surface area (Å²) in [6, 6.07) is 12.4. The van der Waals surface area contributed by atoms with Crippen molar-refractivity contribution in [1.29, 1.82) is 5.41 Å². The van der Waals surface area contributed by atoms with Crippen LogP contribution < -0.4 is 15.6 Å². The minimum absolute atomic E-state index is 0.0552. The van der Waals surface area contributed by atoms with Crippen LogP contribution in [-0.2, 0) is 4.79 Å². The third-order valence-electron chi connectivity index (χ3n) is 5.77. The molecule has 1 unspecified atom stereocenters. The van der Waals surface area contributed by atoms with E-state index in [0.717, 1.165) is 5.56 Å². The lowest BCUT2D eigenvalue weighted by Crippen LogP contribution is -2.34. The van der Waals surface area contributed by atoms with Gasteiger partial charge in [0.25, 0.3) is 5.56 Å². The molecule has 0 fully saturated rings. The number of hydrogen-bond donors (Lipinski definition) is 2. The molecule has 0 radical (unpaired) electrons. The SMILES string of the molecule is C=CC(=N)CC(C(=O)Nc1ccc(C)cc1)n1cc(OC)c(-c2cc(Cl)ccc2C(=O)CC)cc1=O. The first-order valence-electron chi connectivity index (χ1n) is 11.4. The van der Waals surface area contributed by atoms with Crippen LogP contribution in [0, 0.1) is 12.3 Å². The molecule has 1 heterocycles. The zero-order valence-electron chi connectivity index (χ0n) is 20.4. The Hall–Kier alpha value is -3.97. The quantitative estimate of drug-likeness (QED) is 0.266. The third-order valence-corrected chi connectivity index (χ3v) is 6.01. The van der Waals surface area contributed by atoms with Crippen LogP contribution in [0.5, 0.6) is 5.75 Å². The van der Waals surface area contributed by atoms with Crippen LogP contribution in [-0.4, -0.2) is 29.1 Å². The van der Waals surface area contributed by atoms with Crippen LogP contribution in [0.25, 0.3) is 11.1 Å². The summed E-state index contributed by atoms with van der Waals surface area (Å²) in [4.78, 5) is 39.2. The van der Waals surface area contributed by atoms with Gasteiger partial charge in [-0.3, -0.25) is 19.0 Å². The number of carbonyl (C=O) groups excluding carboxylic acids is 2. The zero-order valence-corrected chi connectivity index (χ0v) is 21.2. The molecule has 7 nitrogen and oxygen atoms in total. The molecule has 0 aliphatic heterocycles. The number of Topliss-reactive ketones (excluding diaryl/α,β-unsaturated/α-hetero) is 1. The van der Waals surface area contributed by atoms with E-state index in [-0.39, 0.29) is 30.1 Å². The number of methoxy groups -OCH3 is 1. The molecule has 2 N–H and O–H groups in total. The van der Waals surface area contributed by atoms with Crippen molar-refractivity contribution >= 4 is 34.7 Å². The second-order valence-electron chi connectivity index (χ2n) is 8.27. The van der Waals surface area contributed by atoms with E-state index in [9.17, 15) is 14.4 Å². The maximum atomic E-state index is 13.3. The summed E-state index contributed by atoms with van der Waals surface area (Å²) in [5.41, 5.74) is 2.47. The maximum absolute atomic E-state index is 13.3. The van der Waals surface area contributed by atoms with Crippen molar-refractivity contribution in [2.24, 2.45) is 0 Å². The second kappa shape index (κ2) is 11.6. The molecule has 0 aliphatic rings. The molecule has 0 bridgehead atoms. The number of anilines is 1. The molecule has 3 aromatic rings. The monoisotopic (exact) mass is 505 g/mol. The van der Waals surface area contributed by atoms with Gasteiger partial charge < -0.3 is 15.5 Å². The average molecular weight is 506 g/mol. The highest BCUT2D eigenvalue weighted by molar-refractivity contribution is 6.31. The Balaban J connectivity index is 2.12. The summed E-state index contributed by atoms with van der Waals surface area (Å²) in [5.74, 6) is -0.296. The molecule has 1 amide bonds. The van der Waals surface area contributed by atoms with E-state index in [1.54, 1.807) is 37.3 Å². The highest BCUT2D eigenvalue weighted by Crippen LogP contribution is 2.34. The van der Waals surface area contributed by atoms with Crippen LogP contribution in [0.4, 0.5) is 5.69 Å². The maximum Gasteiger partial charge on any atom is 0.252 e. The molecule has 0 saturated carbocycles. The number of ketones is 1. The number of nitrogens with one attached hydrogen (secondary N) is 2. The highest BCUT2D eigenvalue weighted by Gasteiger charge is 2.25. The van der Waals surface area contributed by atoms with E-state index in [1.807, 2.05) is 19.1 Å². The molecule has 36 heavy (non-hydrogen) atoms. The van der Waals surface area contributed by atoms with Crippen molar-refractivity contribution in [2.75, 3.05) is 12.4 Å². The summed E-state index contributed by atoms with van der Waals surface area (Å²) < 4.78 is 6.81. The number of pyridine rings is 1. The van der Waals surface area contributed by atoms with Gasteiger partial charge in [0.05, 0.1) is 13.3 Å². The molecular formula is C28H28ClN3O4. The zero-order chi connectivity index (χ0) is 26.4. The van der Waals surface area contributed by atoms with Gasteiger partial charge in [-0.1, -0.05) is 42.8 Å². The van der Waals surface area contributed by atoms with Gasteiger partial charge in [0.1, 0.15) is 11.8 Å². The molecule has 1 atom stereocenters. The smallest absolute Gasteiger partial charge is 0.252 e. The molecule has 2 aromatic carbocycles. The van der Waals surface area contributed by atoms with Gasteiger partial charge in [0.2, 0.25) is 5.91 Å². The van der Waals surface area contributed by atoms with Gasteiger partial charge in [0.15, 0.2) is 5.78 Å². The van der Waals surface area contributed by atoms with E-state index in [2.05, 4.69) is 11.9 Å². The van der Waals surface area contributed by atoms with Crippen molar-refractivity contribution in [3.8, 4) is 16.9 Å². The fourth-order valence-electron chi connectivity index (χ4n) is 3.79.